The number of H-pyrrole nitrogens is 1. The molecule has 5 nitrogen and oxygen atoms in total. The quantitative estimate of drug-likeness (QED) is 0.678. The highest BCUT2D eigenvalue weighted by atomic mass is 19.1. The van der Waals surface area contributed by atoms with Crippen LogP contribution in [0.5, 0.6) is 0 Å². The number of nitrogens with zero attached hydrogens (tertiary/aromatic N) is 2. The van der Waals surface area contributed by atoms with Crippen molar-refractivity contribution >= 4 is 11.6 Å². The largest absolute Gasteiger partial charge is 0.348 e. The van der Waals surface area contributed by atoms with E-state index in [0.29, 0.717) is 0 Å². The molecule has 29 heavy (non-hydrogen) atoms. The van der Waals surface area contributed by atoms with Crippen molar-refractivity contribution in [1.82, 2.24) is 14.9 Å². The molecule has 1 aliphatic heterocycles. The number of hydrogen-bond acceptors (Lipinski definition) is 3. The first kappa shape index (κ1) is 19.3. The van der Waals surface area contributed by atoms with Gasteiger partial charge in [-0.05, 0) is 61.7 Å². The standard InChI is InChI=1S/C23H25FN4O/c1-16-22(26-15-25-16)14-28-11-3-5-19(13-28)23(29)27-21-9-7-17(8-10-21)18-4-2-6-20(24)12-18/h2,4,6-10,12,15,19H,3,5,11,13-14H2,1H3,(H,25,26)(H,27,29)/t19-/m1/s1. The topological polar surface area (TPSA) is 61.0 Å². The number of imidazole rings is 1. The zero-order chi connectivity index (χ0) is 20.2. The van der Waals surface area contributed by atoms with Gasteiger partial charge in [-0.15, -0.1) is 0 Å². The summed E-state index contributed by atoms with van der Waals surface area (Å²) in [5.41, 5.74) is 4.62. The number of hydrogen-bond donors (Lipinski definition) is 2. The Hall–Kier alpha value is -2.99. The van der Waals surface area contributed by atoms with Gasteiger partial charge < -0.3 is 10.3 Å². The summed E-state index contributed by atoms with van der Waals surface area (Å²) in [5.74, 6) is -0.246. The monoisotopic (exact) mass is 392 g/mol. The fourth-order valence-corrected chi connectivity index (χ4v) is 3.83. The van der Waals surface area contributed by atoms with Crippen LogP contribution in [-0.4, -0.2) is 33.9 Å². The molecular formula is C23H25FN4O. The van der Waals surface area contributed by atoms with Crippen LogP contribution in [0.4, 0.5) is 10.1 Å². The lowest BCUT2D eigenvalue weighted by Crippen LogP contribution is -2.40. The zero-order valence-corrected chi connectivity index (χ0v) is 16.5. The first-order chi connectivity index (χ1) is 14.1. The normalized spacial score (nSPS) is 17.2. The van der Waals surface area contributed by atoms with Gasteiger partial charge >= 0.3 is 0 Å². The second-order valence-electron chi connectivity index (χ2n) is 7.63. The van der Waals surface area contributed by atoms with E-state index in [-0.39, 0.29) is 17.6 Å². The molecule has 1 amide bonds. The van der Waals surface area contributed by atoms with Crippen molar-refractivity contribution in [3.63, 3.8) is 0 Å². The highest BCUT2D eigenvalue weighted by Crippen LogP contribution is 2.24. The Morgan fingerprint density at radius 2 is 2.07 bits per heavy atom. The Kier molecular flexibility index (Phi) is 5.71. The molecule has 0 radical (unpaired) electrons. The molecule has 2 aromatic carbocycles. The summed E-state index contributed by atoms with van der Waals surface area (Å²) in [6.07, 6.45) is 3.61. The fourth-order valence-electron chi connectivity index (χ4n) is 3.83. The summed E-state index contributed by atoms with van der Waals surface area (Å²) in [6, 6.07) is 14.0. The minimum Gasteiger partial charge on any atom is -0.348 e. The Morgan fingerprint density at radius 1 is 1.24 bits per heavy atom. The Bertz CT molecular complexity index is 983. The van der Waals surface area contributed by atoms with Crippen LogP contribution in [0.1, 0.15) is 24.2 Å². The number of aromatic amines is 1. The van der Waals surface area contributed by atoms with Crippen molar-refractivity contribution in [2.45, 2.75) is 26.3 Å². The molecule has 1 aromatic heterocycles. The number of anilines is 1. The van der Waals surface area contributed by atoms with E-state index in [1.54, 1.807) is 12.4 Å². The van der Waals surface area contributed by atoms with Crippen LogP contribution in [0.25, 0.3) is 11.1 Å². The molecule has 1 fully saturated rings. The number of carbonyl (C=O) groups excluding carboxylic acids is 1. The number of rotatable bonds is 5. The Balaban J connectivity index is 1.36. The Labute approximate surface area is 170 Å². The van der Waals surface area contributed by atoms with E-state index in [4.69, 9.17) is 0 Å². The van der Waals surface area contributed by atoms with Gasteiger partial charge in [-0.25, -0.2) is 9.37 Å². The van der Waals surface area contributed by atoms with E-state index in [1.807, 2.05) is 37.3 Å². The summed E-state index contributed by atoms with van der Waals surface area (Å²) >= 11 is 0. The molecule has 0 saturated carbocycles. The number of piperidine rings is 1. The number of nitrogens with one attached hydrogen (secondary N) is 2. The van der Waals surface area contributed by atoms with Gasteiger partial charge in [0.25, 0.3) is 0 Å². The van der Waals surface area contributed by atoms with Crippen molar-refractivity contribution in [3.8, 4) is 11.1 Å². The van der Waals surface area contributed by atoms with E-state index in [9.17, 15) is 9.18 Å². The van der Waals surface area contributed by atoms with Gasteiger partial charge in [-0.3, -0.25) is 9.69 Å². The molecule has 2 heterocycles. The van der Waals surface area contributed by atoms with Crippen LogP contribution in [0, 0.1) is 18.7 Å². The van der Waals surface area contributed by atoms with Gasteiger partial charge in [-0.2, -0.15) is 0 Å². The second kappa shape index (κ2) is 8.57. The molecule has 6 heteroatoms. The van der Waals surface area contributed by atoms with Crippen LogP contribution in [0.3, 0.4) is 0 Å². The maximum atomic E-state index is 13.4. The van der Waals surface area contributed by atoms with Crippen LogP contribution < -0.4 is 5.32 Å². The fraction of sp³-hybridized carbons (Fsp3) is 0.304. The van der Waals surface area contributed by atoms with Crippen LogP contribution in [0.15, 0.2) is 54.9 Å². The summed E-state index contributed by atoms with van der Waals surface area (Å²) in [5, 5.41) is 3.03. The van der Waals surface area contributed by atoms with E-state index >= 15 is 0 Å². The minimum atomic E-state index is -0.258. The van der Waals surface area contributed by atoms with Crippen molar-refractivity contribution in [3.05, 3.63) is 72.1 Å². The van der Waals surface area contributed by atoms with Gasteiger partial charge in [0, 0.05) is 24.5 Å². The average molecular weight is 392 g/mol. The third-order valence-corrected chi connectivity index (χ3v) is 5.49. The molecule has 1 atom stereocenters. The third-order valence-electron chi connectivity index (χ3n) is 5.49. The van der Waals surface area contributed by atoms with Crippen molar-refractivity contribution < 1.29 is 9.18 Å². The minimum absolute atomic E-state index is 0.0362. The smallest absolute Gasteiger partial charge is 0.228 e. The van der Waals surface area contributed by atoms with Crippen LogP contribution in [-0.2, 0) is 11.3 Å². The number of amides is 1. The molecule has 1 aliphatic rings. The number of benzene rings is 2. The lowest BCUT2D eigenvalue weighted by molar-refractivity contribution is -0.121. The van der Waals surface area contributed by atoms with E-state index in [0.717, 1.165) is 60.7 Å². The van der Waals surface area contributed by atoms with Crippen molar-refractivity contribution in [2.75, 3.05) is 18.4 Å². The lowest BCUT2D eigenvalue weighted by Gasteiger charge is -2.31. The van der Waals surface area contributed by atoms with E-state index < -0.39 is 0 Å². The van der Waals surface area contributed by atoms with Crippen molar-refractivity contribution in [2.24, 2.45) is 5.92 Å². The van der Waals surface area contributed by atoms with Gasteiger partial charge in [0.15, 0.2) is 0 Å². The summed E-state index contributed by atoms with van der Waals surface area (Å²) in [4.78, 5) is 22.5. The molecule has 0 spiro atoms. The maximum Gasteiger partial charge on any atom is 0.228 e. The van der Waals surface area contributed by atoms with E-state index in [2.05, 4.69) is 20.2 Å². The highest BCUT2D eigenvalue weighted by molar-refractivity contribution is 5.93. The molecular weight excluding hydrogens is 367 g/mol. The van der Waals surface area contributed by atoms with Gasteiger partial charge in [0.1, 0.15) is 5.82 Å². The number of likely N-dealkylation sites (tertiary alicyclic amines) is 1. The maximum absolute atomic E-state index is 13.4. The molecule has 3 aromatic rings. The van der Waals surface area contributed by atoms with Gasteiger partial charge in [0.05, 0.1) is 17.9 Å². The third kappa shape index (κ3) is 4.71. The first-order valence-electron chi connectivity index (χ1n) is 9.96. The molecule has 150 valence electrons. The number of carbonyl (C=O) groups is 1. The summed E-state index contributed by atoms with van der Waals surface area (Å²) < 4.78 is 13.4. The predicted octanol–water partition coefficient (Wildman–Crippen LogP) is 4.37. The first-order valence-corrected chi connectivity index (χ1v) is 9.96. The average Bonchev–Trinajstić information content (AvgIpc) is 3.13. The van der Waals surface area contributed by atoms with Gasteiger partial charge in [-0.1, -0.05) is 24.3 Å². The summed E-state index contributed by atoms with van der Waals surface area (Å²) in [6.45, 7) is 4.50. The molecule has 0 bridgehead atoms. The molecule has 2 N–H and O–H groups in total. The second-order valence-corrected chi connectivity index (χ2v) is 7.63. The van der Waals surface area contributed by atoms with Crippen LogP contribution >= 0.6 is 0 Å². The van der Waals surface area contributed by atoms with Crippen molar-refractivity contribution in [1.29, 1.82) is 0 Å². The van der Waals surface area contributed by atoms with Crippen LogP contribution in [0.2, 0.25) is 0 Å². The molecule has 0 unspecified atom stereocenters. The number of aryl methyl sites for hydroxylation is 1. The SMILES string of the molecule is Cc1[nH]cnc1CN1CCC[C@@H](C(=O)Nc2ccc(-c3cccc(F)c3)cc2)C1. The van der Waals surface area contributed by atoms with E-state index in [1.165, 1.54) is 12.1 Å². The molecule has 1 saturated heterocycles. The Morgan fingerprint density at radius 3 is 2.79 bits per heavy atom. The molecule has 0 aliphatic carbocycles. The predicted molar refractivity (Wildman–Crippen MR) is 112 cm³/mol. The number of halogens is 1. The molecule has 4 rings (SSSR count). The zero-order valence-electron chi connectivity index (χ0n) is 16.5. The number of aromatic nitrogens is 2. The highest BCUT2D eigenvalue weighted by Gasteiger charge is 2.26. The van der Waals surface area contributed by atoms with Gasteiger partial charge in [0.2, 0.25) is 5.91 Å². The lowest BCUT2D eigenvalue weighted by atomic mass is 9.96. The summed E-state index contributed by atoms with van der Waals surface area (Å²) in [7, 11) is 0.